The molecule has 2 aromatic carbocycles. The summed E-state index contributed by atoms with van der Waals surface area (Å²) < 4.78 is 13.5. The summed E-state index contributed by atoms with van der Waals surface area (Å²) in [5, 5.41) is 14.1. The van der Waals surface area contributed by atoms with Crippen LogP contribution in [0.15, 0.2) is 42.5 Å². The fourth-order valence-electron chi connectivity index (χ4n) is 2.23. The lowest BCUT2D eigenvalue weighted by molar-refractivity contribution is -0.384. The van der Waals surface area contributed by atoms with Gasteiger partial charge in [0.25, 0.3) is 5.69 Å². The Bertz CT molecular complexity index is 676. The molecule has 6 heteroatoms. The van der Waals surface area contributed by atoms with Crippen molar-refractivity contribution in [3.05, 3.63) is 69.5 Å². The van der Waals surface area contributed by atoms with Gasteiger partial charge in [0.05, 0.1) is 4.92 Å². The molecule has 0 amide bonds. The zero-order valence-corrected chi connectivity index (χ0v) is 12.3. The second kappa shape index (κ2) is 7.00. The van der Waals surface area contributed by atoms with Gasteiger partial charge in [0.1, 0.15) is 11.5 Å². The molecule has 3 N–H and O–H groups in total. The Morgan fingerprint density at radius 2 is 2.05 bits per heavy atom. The van der Waals surface area contributed by atoms with Crippen LogP contribution in [0.25, 0.3) is 0 Å². The highest BCUT2D eigenvalue weighted by Gasteiger charge is 2.14. The van der Waals surface area contributed by atoms with Crippen LogP contribution in [0, 0.1) is 15.9 Å². The maximum atomic E-state index is 13.5. The molecule has 1 atom stereocenters. The molecule has 0 fully saturated rings. The quantitative estimate of drug-likeness (QED) is 0.488. The third kappa shape index (κ3) is 3.79. The molecule has 0 bridgehead atoms. The molecule has 0 saturated heterocycles. The lowest BCUT2D eigenvalue weighted by Crippen LogP contribution is -2.21. The summed E-state index contributed by atoms with van der Waals surface area (Å²) >= 11 is 0. The first-order valence-corrected chi connectivity index (χ1v) is 6.99. The monoisotopic (exact) mass is 303 g/mol. The number of nitrogens with one attached hydrogen (secondary N) is 1. The molecule has 116 valence electrons. The van der Waals surface area contributed by atoms with Crippen LogP contribution in [0.1, 0.15) is 24.1 Å². The summed E-state index contributed by atoms with van der Waals surface area (Å²) in [6.45, 7) is 2.47. The van der Waals surface area contributed by atoms with Crippen LogP contribution < -0.4 is 11.1 Å². The molecule has 0 aliphatic rings. The van der Waals surface area contributed by atoms with Crippen molar-refractivity contribution in [2.45, 2.75) is 19.4 Å². The van der Waals surface area contributed by atoms with E-state index in [9.17, 15) is 14.5 Å². The minimum absolute atomic E-state index is 0.0916. The fraction of sp³-hybridized carbons (Fsp3) is 0.250. The van der Waals surface area contributed by atoms with E-state index in [1.54, 1.807) is 24.3 Å². The van der Waals surface area contributed by atoms with Gasteiger partial charge < -0.3 is 11.1 Å². The maximum Gasteiger partial charge on any atom is 0.292 e. The molecule has 5 nitrogen and oxygen atoms in total. The first-order valence-electron chi connectivity index (χ1n) is 6.99. The van der Waals surface area contributed by atoms with Gasteiger partial charge in [-0.05, 0) is 43.1 Å². The smallest absolute Gasteiger partial charge is 0.292 e. The van der Waals surface area contributed by atoms with Crippen LogP contribution in [0.4, 0.5) is 15.8 Å². The molecule has 0 aliphatic carbocycles. The van der Waals surface area contributed by atoms with Gasteiger partial charge in [-0.15, -0.1) is 0 Å². The van der Waals surface area contributed by atoms with E-state index in [1.807, 2.05) is 6.92 Å². The maximum absolute atomic E-state index is 13.5. The molecule has 2 rings (SSSR count). The van der Waals surface area contributed by atoms with E-state index in [0.29, 0.717) is 18.5 Å². The van der Waals surface area contributed by atoms with Crippen molar-refractivity contribution in [2.24, 2.45) is 0 Å². The van der Waals surface area contributed by atoms with Crippen LogP contribution >= 0.6 is 0 Å². The lowest BCUT2D eigenvalue weighted by atomic mass is 10.1. The summed E-state index contributed by atoms with van der Waals surface area (Å²) in [6, 6.07) is 11.3. The summed E-state index contributed by atoms with van der Waals surface area (Å²) in [4.78, 5) is 10.4. The molecule has 0 heterocycles. The van der Waals surface area contributed by atoms with Crippen LogP contribution in [0.3, 0.4) is 0 Å². The Balaban J connectivity index is 1.98. The molecule has 0 aliphatic heterocycles. The molecule has 2 aromatic rings. The topological polar surface area (TPSA) is 81.2 Å². The molecule has 0 saturated carbocycles. The number of hydrogen-bond acceptors (Lipinski definition) is 4. The molecule has 0 unspecified atom stereocenters. The van der Waals surface area contributed by atoms with Crippen molar-refractivity contribution < 1.29 is 9.31 Å². The van der Waals surface area contributed by atoms with Gasteiger partial charge in [0, 0.05) is 12.1 Å². The minimum atomic E-state index is -0.495. The highest BCUT2D eigenvalue weighted by Crippen LogP contribution is 2.25. The fourth-order valence-corrected chi connectivity index (χ4v) is 2.23. The van der Waals surface area contributed by atoms with Crippen LogP contribution in [-0.4, -0.2) is 11.5 Å². The number of nitrogen functional groups attached to an aromatic ring is 1. The third-order valence-corrected chi connectivity index (χ3v) is 3.55. The Hall–Kier alpha value is -2.47. The highest BCUT2D eigenvalue weighted by atomic mass is 19.1. The molecule has 0 radical (unpaired) electrons. The Morgan fingerprint density at radius 1 is 1.32 bits per heavy atom. The van der Waals surface area contributed by atoms with Gasteiger partial charge in [-0.1, -0.05) is 24.3 Å². The zero-order chi connectivity index (χ0) is 16.1. The number of nitrogens with zero attached hydrogens (tertiary/aromatic N) is 1. The van der Waals surface area contributed by atoms with Gasteiger partial charge in [0.15, 0.2) is 0 Å². The van der Waals surface area contributed by atoms with Crippen molar-refractivity contribution in [2.75, 3.05) is 12.3 Å². The average Bonchev–Trinajstić information content (AvgIpc) is 2.49. The number of hydrogen-bond donors (Lipinski definition) is 2. The van der Waals surface area contributed by atoms with Gasteiger partial charge in [-0.2, -0.15) is 0 Å². The molecular weight excluding hydrogens is 285 g/mol. The zero-order valence-electron chi connectivity index (χ0n) is 12.3. The molecule has 0 spiro atoms. The highest BCUT2D eigenvalue weighted by molar-refractivity contribution is 5.59. The summed E-state index contributed by atoms with van der Waals surface area (Å²) in [5.74, 6) is -0.222. The minimum Gasteiger partial charge on any atom is -0.393 e. The summed E-state index contributed by atoms with van der Waals surface area (Å²) in [5.41, 5.74) is 7.04. The van der Waals surface area contributed by atoms with E-state index in [4.69, 9.17) is 5.73 Å². The first-order chi connectivity index (χ1) is 10.5. The Labute approximate surface area is 128 Å². The van der Waals surface area contributed by atoms with Gasteiger partial charge in [0.2, 0.25) is 0 Å². The summed E-state index contributed by atoms with van der Waals surface area (Å²) in [7, 11) is 0. The normalized spacial score (nSPS) is 12.1. The molecule has 0 aromatic heterocycles. The van der Waals surface area contributed by atoms with E-state index < -0.39 is 4.92 Å². The van der Waals surface area contributed by atoms with Gasteiger partial charge in [-0.25, -0.2) is 4.39 Å². The largest absolute Gasteiger partial charge is 0.393 e. The third-order valence-electron chi connectivity index (χ3n) is 3.55. The molecule has 22 heavy (non-hydrogen) atoms. The average molecular weight is 303 g/mol. The van der Waals surface area contributed by atoms with Crippen molar-refractivity contribution in [3.63, 3.8) is 0 Å². The van der Waals surface area contributed by atoms with Crippen LogP contribution in [-0.2, 0) is 6.42 Å². The SMILES string of the molecule is C[C@@H](NCCc1ccccc1F)c1ccc(N)c([N+](=O)[O-])c1. The van der Waals surface area contributed by atoms with Gasteiger partial charge >= 0.3 is 0 Å². The van der Waals surface area contributed by atoms with Crippen molar-refractivity contribution in [1.82, 2.24) is 5.32 Å². The van der Waals surface area contributed by atoms with E-state index >= 15 is 0 Å². The summed E-state index contributed by atoms with van der Waals surface area (Å²) in [6.07, 6.45) is 0.550. The van der Waals surface area contributed by atoms with Crippen LogP contribution in [0.2, 0.25) is 0 Å². The number of nitro benzene ring substituents is 1. The Morgan fingerprint density at radius 3 is 2.73 bits per heavy atom. The van der Waals surface area contributed by atoms with Crippen molar-refractivity contribution in [1.29, 1.82) is 0 Å². The van der Waals surface area contributed by atoms with E-state index in [1.165, 1.54) is 18.2 Å². The second-order valence-corrected chi connectivity index (χ2v) is 5.09. The standard InChI is InChI=1S/C16H18FN3O2/c1-11(13-6-7-15(18)16(10-13)20(21)22)19-9-8-12-4-2-3-5-14(12)17/h2-7,10-11,19H,8-9,18H2,1H3/t11-/m1/s1. The number of halogens is 1. The number of benzene rings is 2. The van der Waals surface area contributed by atoms with Crippen molar-refractivity contribution in [3.8, 4) is 0 Å². The first kappa shape index (κ1) is 15.9. The second-order valence-electron chi connectivity index (χ2n) is 5.09. The van der Waals surface area contributed by atoms with E-state index in [2.05, 4.69) is 5.32 Å². The number of rotatable bonds is 6. The predicted molar refractivity (Wildman–Crippen MR) is 84.0 cm³/mol. The molecular formula is C16H18FN3O2. The van der Waals surface area contributed by atoms with Crippen LogP contribution in [0.5, 0.6) is 0 Å². The Kier molecular flexibility index (Phi) is 5.06. The number of anilines is 1. The predicted octanol–water partition coefficient (Wildman–Crippen LogP) is 3.21. The number of nitro groups is 1. The number of nitrogens with two attached hydrogens (primary N) is 1. The van der Waals surface area contributed by atoms with E-state index in [-0.39, 0.29) is 23.2 Å². The van der Waals surface area contributed by atoms with E-state index in [0.717, 1.165) is 5.56 Å². The lowest BCUT2D eigenvalue weighted by Gasteiger charge is -2.14. The van der Waals surface area contributed by atoms with Gasteiger partial charge in [-0.3, -0.25) is 10.1 Å². The van der Waals surface area contributed by atoms with Crippen molar-refractivity contribution >= 4 is 11.4 Å².